The molecule has 9 rings (SSSR count). The first-order valence-corrected chi connectivity index (χ1v) is 14.6. The SMILES string of the molecule is [2H]c1ccc2cc(-c3c4ccccc4c(-c4cccc(-c5cccc6oc7c([2H])cccc7c56)c4)c4ccccc34)ccc2c1. The van der Waals surface area contributed by atoms with E-state index in [1.165, 1.54) is 38.2 Å². The van der Waals surface area contributed by atoms with Gasteiger partial charge in [-0.25, -0.2) is 0 Å². The quantitative estimate of drug-likeness (QED) is 0.200. The van der Waals surface area contributed by atoms with Crippen LogP contribution in [0.1, 0.15) is 2.74 Å². The summed E-state index contributed by atoms with van der Waals surface area (Å²) in [5.74, 6) is 0. The number of fused-ring (bicyclic) bond motifs is 6. The molecular weight excluding hydrogens is 520 g/mol. The van der Waals surface area contributed by atoms with Crippen molar-refractivity contribution >= 4 is 54.3 Å². The summed E-state index contributed by atoms with van der Waals surface area (Å²) in [6.07, 6.45) is 0. The Kier molecular flexibility index (Phi) is 4.83. The molecule has 1 heterocycles. The number of hydrogen-bond acceptors (Lipinski definition) is 1. The molecule has 8 aromatic carbocycles. The molecule has 1 aromatic heterocycles. The smallest absolute Gasteiger partial charge is 0.136 e. The van der Waals surface area contributed by atoms with Gasteiger partial charge in [0.2, 0.25) is 0 Å². The predicted molar refractivity (Wildman–Crippen MR) is 183 cm³/mol. The Bertz CT molecular complexity index is 2570. The van der Waals surface area contributed by atoms with Crippen LogP contribution < -0.4 is 0 Å². The van der Waals surface area contributed by atoms with Gasteiger partial charge in [0, 0.05) is 10.8 Å². The van der Waals surface area contributed by atoms with Crippen LogP contribution in [0.15, 0.2) is 162 Å². The van der Waals surface area contributed by atoms with E-state index in [0.29, 0.717) is 17.7 Å². The van der Waals surface area contributed by atoms with E-state index in [1.54, 1.807) is 6.07 Å². The van der Waals surface area contributed by atoms with E-state index in [-0.39, 0.29) is 0 Å². The topological polar surface area (TPSA) is 13.1 Å². The van der Waals surface area contributed by atoms with Crippen LogP contribution in [0, 0.1) is 0 Å². The molecule has 0 saturated carbocycles. The van der Waals surface area contributed by atoms with E-state index in [4.69, 9.17) is 7.16 Å². The maximum absolute atomic E-state index is 8.40. The van der Waals surface area contributed by atoms with Crippen molar-refractivity contribution in [1.82, 2.24) is 0 Å². The van der Waals surface area contributed by atoms with Gasteiger partial charge in [-0.3, -0.25) is 0 Å². The van der Waals surface area contributed by atoms with Crippen molar-refractivity contribution in [3.63, 3.8) is 0 Å². The van der Waals surface area contributed by atoms with Gasteiger partial charge in [0.05, 0.1) is 2.74 Å². The molecule has 1 heteroatoms. The summed E-state index contributed by atoms with van der Waals surface area (Å²) >= 11 is 0. The maximum atomic E-state index is 8.40. The molecule has 0 aliphatic rings. The lowest BCUT2D eigenvalue weighted by molar-refractivity contribution is 0.669. The van der Waals surface area contributed by atoms with E-state index in [0.717, 1.165) is 43.8 Å². The lowest BCUT2D eigenvalue weighted by Gasteiger charge is -2.18. The Morgan fingerprint density at radius 3 is 1.84 bits per heavy atom. The zero-order chi connectivity index (χ0) is 30.1. The van der Waals surface area contributed by atoms with E-state index >= 15 is 0 Å². The average Bonchev–Trinajstić information content (AvgIpc) is 3.47. The minimum Gasteiger partial charge on any atom is -0.456 e. The normalized spacial score (nSPS) is 12.4. The largest absolute Gasteiger partial charge is 0.456 e. The number of para-hydroxylation sites is 1. The second-order valence-corrected chi connectivity index (χ2v) is 11.1. The Hall–Kier alpha value is -5.66. The van der Waals surface area contributed by atoms with Crippen LogP contribution >= 0.6 is 0 Å². The van der Waals surface area contributed by atoms with Gasteiger partial charge in [0.15, 0.2) is 0 Å². The maximum Gasteiger partial charge on any atom is 0.136 e. The third-order valence-corrected chi connectivity index (χ3v) is 8.69. The molecular formula is C42H26O. The standard InChI is InChI=1S/C42H26O/c1-2-12-28-25-31(24-23-27(28)11-1)41-35-17-5-3-15-33(35)40(34-16-4-6-18-36(34)41)30-14-9-13-29(26-30)32-20-10-22-39-42(32)37-19-7-8-21-38(37)43-39/h1-26H/i1D,21D. The number of benzene rings is 8. The van der Waals surface area contributed by atoms with Crippen molar-refractivity contribution in [2.24, 2.45) is 0 Å². The Balaban J connectivity index is 1.31. The van der Waals surface area contributed by atoms with Crippen molar-refractivity contribution in [2.45, 2.75) is 0 Å². The van der Waals surface area contributed by atoms with E-state index in [9.17, 15) is 0 Å². The summed E-state index contributed by atoms with van der Waals surface area (Å²) in [5.41, 5.74) is 8.37. The number of rotatable bonds is 3. The summed E-state index contributed by atoms with van der Waals surface area (Å²) in [7, 11) is 0. The molecule has 0 atom stereocenters. The van der Waals surface area contributed by atoms with Crippen LogP contribution in [0.3, 0.4) is 0 Å². The van der Waals surface area contributed by atoms with E-state index in [2.05, 4.69) is 97.1 Å². The minimum absolute atomic E-state index is 0.397. The number of hydrogen-bond donors (Lipinski definition) is 0. The van der Waals surface area contributed by atoms with E-state index in [1.807, 2.05) is 42.5 Å². The first-order chi connectivity index (χ1) is 22.1. The molecule has 0 spiro atoms. The van der Waals surface area contributed by atoms with Gasteiger partial charge in [-0.1, -0.05) is 133 Å². The molecule has 200 valence electrons. The van der Waals surface area contributed by atoms with Gasteiger partial charge in [0.1, 0.15) is 11.2 Å². The van der Waals surface area contributed by atoms with Crippen molar-refractivity contribution in [3.8, 4) is 33.4 Å². The highest BCUT2D eigenvalue weighted by molar-refractivity contribution is 6.22. The van der Waals surface area contributed by atoms with Crippen molar-refractivity contribution < 1.29 is 7.16 Å². The molecule has 0 fully saturated rings. The Morgan fingerprint density at radius 2 is 1.07 bits per heavy atom. The highest BCUT2D eigenvalue weighted by atomic mass is 16.3. The fourth-order valence-electron chi connectivity index (χ4n) is 6.82. The highest BCUT2D eigenvalue weighted by Gasteiger charge is 2.18. The van der Waals surface area contributed by atoms with Crippen LogP contribution in [-0.2, 0) is 0 Å². The van der Waals surface area contributed by atoms with Crippen LogP contribution in [0.4, 0.5) is 0 Å². The molecule has 0 saturated heterocycles. The summed E-state index contributed by atoms with van der Waals surface area (Å²) in [4.78, 5) is 0. The fraction of sp³-hybridized carbons (Fsp3) is 0. The third-order valence-electron chi connectivity index (χ3n) is 8.69. The van der Waals surface area contributed by atoms with Gasteiger partial charge in [0.25, 0.3) is 0 Å². The first kappa shape index (κ1) is 22.0. The molecule has 9 aromatic rings. The molecule has 1 nitrogen and oxygen atoms in total. The van der Waals surface area contributed by atoms with Gasteiger partial charge in [-0.05, 0) is 89.9 Å². The zero-order valence-corrected chi connectivity index (χ0v) is 23.3. The van der Waals surface area contributed by atoms with Gasteiger partial charge >= 0.3 is 0 Å². The Morgan fingerprint density at radius 1 is 0.419 bits per heavy atom. The zero-order valence-electron chi connectivity index (χ0n) is 25.3. The first-order valence-electron chi connectivity index (χ1n) is 15.6. The van der Waals surface area contributed by atoms with Crippen molar-refractivity contribution in [3.05, 3.63) is 158 Å². The molecule has 0 aliphatic heterocycles. The molecule has 0 amide bonds. The van der Waals surface area contributed by atoms with Crippen LogP contribution in [0.2, 0.25) is 0 Å². The molecule has 0 N–H and O–H groups in total. The predicted octanol–water partition coefficient (Wildman–Crippen LogP) is 12.0. The fourth-order valence-corrected chi connectivity index (χ4v) is 6.82. The molecule has 0 radical (unpaired) electrons. The Labute approximate surface area is 252 Å². The summed E-state index contributed by atoms with van der Waals surface area (Å²) in [6.45, 7) is 0. The highest BCUT2D eigenvalue weighted by Crippen LogP contribution is 2.45. The van der Waals surface area contributed by atoms with Crippen LogP contribution in [0.5, 0.6) is 0 Å². The van der Waals surface area contributed by atoms with Crippen molar-refractivity contribution in [1.29, 1.82) is 0 Å². The van der Waals surface area contributed by atoms with Crippen molar-refractivity contribution in [2.75, 3.05) is 0 Å². The summed E-state index contributed by atoms with van der Waals surface area (Å²) in [5, 5.41) is 9.04. The monoisotopic (exact) mass is 548 g/mol. The lowest BCUT2D eigenvalue weighted by atomic mass is 9.85. The minimum atomic E-state index is 0.397. The third kappa shape index (κ3) is 3.72. The second kappa shape index (κ2) is 9.44. The van der Waals surface area contributed by atoms with Crippen LogP contribution in [-0.4, -0.2) is 0 Å². The molecule has 0 aliphatic carbocycles. The molecule has 43 heavy (non-hydrogen) atoms. The number of furan rings is 1. The van der Waals surface area contributed by atoms with Gasteiger partial charge < -0.3 is 4.42 Å². The molecule has 0 unspecified atom stereocenters. The average molecular weight is 549 g/mol. The summed E-state index contributed by atoms with van der Waals surface area (Å²) < 4.78 is 22.6. The lowest BCUT2D eigenvalue weighted by Crippen LogP contribution is -1.91. The second-order valence-electron chi connectivity index (χ2n) is 11.1. The van der Waals surface area contributed by atoms with Gasteiger partial charge in [-0.15, -0.1) is 0 Å². The summed E-state index contributed by atoms with van der Waals surface area (Å²) in [6, 6.07) is 51.5. The van der Waals surface area contributed by atoms with Gasteiger partial charge in [-0.2, -0.15) is 0 Å². The van der Waals surface area contributed by atoms with E-state index < -0.39 is 0 Å². The molecule has 0 bridgehead atoms. The van der Waals surface area contributed by atoms with Crippen LogP contribution in [0.25, 0.3) is 87.6 Å².